The molecular formula is C52H91N9O10S3. The average molecular weight is 1100 g/mol. The van der Waals surface area contributed by atoms with Crippen LogP contribution < -0.4 is 37.2 Å². The summed E-state index contributed by atoms with van der Waals surface area (Å²) in [5.41, 5.74) is -0.918. The molecule has 74 heavy (non-hydrogen) atoms. The van der Waals surface area contributed by atoms with Gasteiger partial charge in [-0.2, -0.15) is 0 Å². The fourth-order valence-corrected chi connectivity index (χ4v) is 15.2. The number of thioether (sulfide) groups is 2. The maximum Gasteiger partial charge on any atom is 0.246 e. The van der Waals surface area contributed by atoms with Crippen LogP contribution in [0.15, 0.2) is 0 Å². The van der Waals surface area contributed by atoms with E-state index < -0.39 is 51.5 Å². The van der Waals surface area contributed by atoms with Crippen LogP contribution in [0.2, 0.25) is 0 Å². The van der Waals surface area contributed by atoms with E-state index in [2.05, 4.69) is 44.1 Å². The number of aliphatic hydroxyl groups is 1. The summed E-state index contributed by atoms with van der Waals surface area (Å²) in [4.78, 5) is 81.8. The summed E-state index contributed by atoms with van der Waals surface area (Å²) in [5.74, 6) is 1.30. The number of nitrogens with one attached hydrogen (secondary N) is 7. The zero-order valence-corrected chi connectivity index (χ0v) is 47.4. The van der Waals surface area contributed by atoms with Crippen molar-refractivity contribution >= 4 is 69.0 Å². The largest absolute Gasteiger partial charge is 0.391 e. The van der Waals surface area contributed by atoms with Crippen LogP contribution in [0.1, 0.15) is 150 Å². The van der Waals surface area contributed by atoms with Gasteiger partial charge in [0.25, 0.3) is 0 Å². The normalized spacial score (nSPS) is 28.9. The molecule has 19 nitrogen and oxygen atoms in total. The molecule has 6 fully saturated rings. The number of sulfonamides is 1. The number of β-amino-alcohol motifs (C(OH)–C–C–N with tert-alkyl or cyclic N) is 1. The van der Waals surface area contributed by atoms with Crippen molar-refractivity contribution in [1.29, 1.82) is 0 Å². The SMILES string of the molecule is CC1NCSC1C1CCC(CNC(=O)[C@@H]2C[C@@H](O)CN2C(=O)[C@@H](NC(=O)CCCCCCCNC(=O)CCCOC[C@H](NC(=O)C2CCN(S(C)(=O)=O)C2)C(=O)NC2NC(C3CCCCC3)CS2)C(C)(C)C)CC1. The van der Waals surface area contributed by atoms with Crippen LogP contribution in [0.5, 0.6) is 0 Å². The lowest BCUT2D eigenvalue weighted by atomic mass is 9.79. The van der Waals surface area contributed by atoms with Crippen LogP contribution in [0.4, 0.5) is 0 Å². The van der Waals surface area contributed by atoms with Gasteiger partial charge in [-0.15, -0.1) is 23.5 Å². The molecule has 0 aromatic heterocycles. The summed E-state index contributed by atoms with van der Waals surface area (Å²) < 4.78 is 31.3. The number of aliphatic hydroxyl groups excluding tert-OH is 1. The fraction of sp³-hybridized carbons (Fsp3) is 0.885. The molecule has 6 amide bonds. The molecule has 2 aliphatic carbocycles. The second kappa shape index (κ2) is 29.3. The predicted octanol–water partition coefficient (Wildman–Crippen LogP) is 3.16. The van der Waals surface area contributed by atoms with Gasteiger partial charge in [0.15, 0.2) is 0 Å². The molecule has 2 saturated carbocycles. The van der Waals surface area contributed by atoms with Crippen molar-refractivity contribution in [2.75, 3.05) is 63.8 Å². The Balaban J connectivity index is 0.828. The Bertz CT molecular complexity index is 1970. The van der Waals surface area contributed by atoms with Gasteiger partial charge >= 0.3 is 0 Å². The quantitative estimate of drug-likeness (QED) is 0.0580. The second-order valence-corrected chi connectivity index (χ2v) is 27.5. The molecule has 8 N–H and O–H groups in total. The van der Waals surface area contributed by atoms with Crippen molar-refractivity contribution in [2.24, 2.45) is 29.1 Å². The van der Waals surface area contributed by atoms with E-state index in [1.807, 2.05) is 32.5 Å². The van der Waals surface area contributed by atoms with E-state index in [0.29, 0.717) is 67.4 Å². The maximum absolute atomic E-state index is 14.1. The zero-order chi connectivity index (χ0) is 53.4. The molecule has 0 bridgehead atoms. The molecule has 5 unspecified atom stereocenters. The minimum absolute atomic E-state index is 0.0480. The van der Waals surface area contributed by atoms with Crippen LogP contribution in [-0.2, 0) is 43.5 Å². The molecule has 0 aromatic carbocycles. The topological polar surface area (TPSA) is 257 Å². The summed E-state index contributed by atoms with van der Waals surface area (Å²) in [7, 11) is -3.44. The van der Waals surface area contributed by atoms with Crippen LogP contribution in [0.25, 0.3) is 0 Å². The monoisotopic (exact) mass is 1100 g/mol. The summed E-state index contributed by atoms with van der Waals surface area (Å²) in [6, 6.07) is -1.79. The molecule has 22 heteroatoms. The van der Waals surface area contributed by atoms with Gasteiger partial charge in [-0.3, -0.25) is 34.1 Å². The summed E-state index contributed by atoms with van der Waals surface area (Å²) in [6.07, 6.45) is 16.2. The molecular weight excluding hydrogens is 1010 g/mol. The van der Waals surface area contributed by atoms with Crippen LogP contribution in [-0.4, -0.2) is 169 Å². The third-order valence-corrected chi connectivity index (χ3v) is 20.1. The number of amides is 6. The van der Waals surface area contributed by atoms with Crippen molar-refractivity contribution in [3.63, 3.8) is 0 Å². The first-order valence-electron chi connectivity index (χ1n) is 27.9. The molecule has 4 heterocycles. The van der Waals surface area contributed by atoms with Gasteiger partial charge in [-0.05, 0) is 94.3 Å². The Morgan fingerprint density at radius 2 is 1.53 bits per heavy atom. The number of hydrogen-bond donors (Lipinski definition) is 8. The molecule has 6 rings (SSSR count). The van der Waals surface area contributed by atoms with Crippen LogP contribution in [0.3, 0.4) is 0 Å². The molecule has 4 saturated heterocycles. The Morgan fingerprint density at radius 1 is 0.811 bits per heavy atom. The smallest absolute Gasteiger partial charge is 0.246 e. The molecule has 6 aliphatic rings. The lowest BCUT2D eigenvalue weighted by molar-refractivity contribution is -0.144. The van der Waals surface area contributed by atoms with Gasteiger partial charge in [0.05, 0.1) is 24.9 Å². The molecule has 0 aromatic rings. The van der Waals surface area contributed by atoms with Gasteiger partial charge in [0, 0.05) is 87.6 Å². The van der Waals surface area contributed by atoms with Gasteiger partial charge in [0.2, 0.25) is 45.5 Å². The van der Waals surface area contributed by atoms with E-state index >= 15 is 0 Å². The van der Waals surface area contributed by atoms with Gasteiger partial charge in [0.1, 0.15) is 23.6 Å². The molecule has 0 radical (unpaired) electrons. The van der Waals surface area contributed by atoms with Crippen LogP contribution in [0, 0.1) is 29.1 Å². The summed E-state index contributed by atoms with van der Waals surface area (Å²) in [6.45, 7) is 9.48. The standard InChI is InChI=1S/C52H91N9O10S3/c1-34-45(73-33-55-34)37-21-19-35(20-22-37)28-54-49(67)42-27-39(62)30-61(42)50(68)46(52(2,3)4)58-44(64)17-12-7-6-8-13-24-53-43(63)18-14-26-71-31-40(56-47(65)38-23-25-60(29-38)74(5,69)70)48(66)59-51-57-41(32-72-51)36-15-10-9-11-16-36/h34-42,45-46,51,55,57,62H,6-33H2,1-5H3,(H,53,63)(H,54,67)(H,56,65)(H,58,64)(H,59,66)/t34?,35?,37?,38?,39-,40+,41?,42+,45?,46-,51?/m1/s1. The van der Waals surface area contributed by atoms with Crippen LogP contribution >= 0.6 is 23.5 Å². The number of nitrogens with zero attached hydrogens (tertiary/aromatic N) is 2. The van der Waals surface area contributed by atoms with Gasteiger partial charge < -0.3 is 46.6 Å². The first-order valence-corrected chi connectivity index (χ1v) is 31.9. The first kappa shape index (κ1) is 60.5. The van der Waals surface area contributed by atoms with Gasteiger partial charge in [-0.1, -0.05) is 59.3 Å². The van der Waals surface area contributed by atoms with E-state index in [1.54, 1.807) is 11.8 Å². The van der Waals surface area contributed by atoms with Crippen molar-refractivity contribution in [2.45, 2.75) is 197 Å². The maximum atomic E-state index is 14.1. The molecule has 0 spiro atoms. The highest BCUT2D eigenvalue weighted by atomic mass is 32.2. The van der Waals surface area contributed by atoms with Crippen molar-refractivity contribution in [1.82, 2.24) is 46.4 Å². The lowest BCUT2D eigenvalue weighted by Gasteiger charge is -2.36. The Hall–Kier alpha value is -2.73. The number of likely N-dealkylation sites (tertiary alicyclic amines) is 1. The number of hydrogen-bond acceptors (Lipinski definition) is 14. The number of ether oxygens (including phenoxy) is 1. The molecule has 9 atom stereocenters. The number of rotatable bonds is 26. The van der Waals surface area contributed by atoms with E-state index in [4.69, 9.17) is 4.74 Å². The zero-order valence-electron chi connectivity index (χ0n) is 45.0. The number of carbonyl (C=O) groups is 6. The third-order valence-electron chi connectivity index (χ3n) is 16.2. The van der Waals surface area contributed by atoms with Crippen molar-refractivity contribution < 1.29 is 47.0 Å². The Morgan fingerprint density at radius 3 is 2.22 bits per heavy atom. The predicted molar refractivity (Wildman–Crippen MR) is 290 cm³/mol. The van der Waals surface area contributed by atoms with E-state index in [-0.39, 0.29) is 87.1 Å². The third kappa shape index (κ3) is 18.7. The van der Waals surface area contributed by atoms with E-state index in [1.165, 1.54) is 41.3 Å². The van der Waals surface area contributed by atoms with Crippen molar-refractivity contribution in [3.8, 4) is 0 Å². The van der Waals surface area contributed by atoms with Crippen molar-refractivity contribution in [3.05, 3.63) is 0 Å². The molecule has 422 valence electrons. The Kier molecular flexibility index (Phi) is 24.0. The van der Waals surface area contributed by atoms with Gasteiger partial charge in [-0.25, -0.2) is 12.7 Å². The number of unbranched alkanes of at least 4 members (excludes halogenated alkanes) is 4. The minimum atomic E-state index is -3.44. The van der Waals surface area contributed by atoms with E-state index in [0.717, 1.165) is 69.3 Å². The lowest BCUT2D eigenvalue weighted by Crippen LogP contribution is -2.58. The Labute approximate surface area is 450 Å². The summed E-state index contributed by atoms with van der Waals surface area (Å²) >= 11 is 3.66. The average Bonchev–Trinajstić information content (AvgIpc) is 4.21. The highest BCUT2D eigenvalue weighted by Gasteiger charge is 2.45. The highest BCUT2D eigenvalue weighted by Crippen LogP contribution is 2.39. The highest BCUT2D eigenvalue weighted by molar-refractivity contribution is 8.00. The second-order valence-electron chi connectivity index (χ2n) is 23.2. The van der Waals surface area contributed by atoms with E-state index in [9.17, 15) is 42.3 Å². The number of carbonyl (C=O) groups excluding carboxylic acids is 6. The minimum Gasteiger partial charge on any atom is -0.391 e. The fourth-order valence-electron chi connectivity index (χ4n) is 11.6. The molecule has 4 aliphatic heterocycles. The summed E-state index contributed by atoms with van der Waals surface area (Å²) in [5, 5.41) is 33.3. The first-order chi connectivity index (χ1) is 35.3.